The summed E-state index contributed by atoms with van der Waals surface area (Å²) < 4.78 is 5.35. The summed E-state index contributed by atoms with van der Waals surface area (Å²) in [6.07, 6.45) is 0. The lowest BCUT2D eigenvalue weighted by Crippen LogP contribution is -2.06. The molecule has 0 saturated heterocycles. The normalized spacial score (nSPS) is 10.4. The van der Waals surface area contributed by atoms with Crippen LogP contribution in [0.2, 0.25) is 5.02 Å². The van der Waals surface area contributed by atoms with Crippen molar-refractivity contribution in [1.29, 1.82) is 0 Å². The van der Waals surface area contributed by atoms with Crippen LogP contribution in [0.3, 0.4) is 0 Å². The van der Waals surface area contributed by atoms with E-state index in [9.17, 15) is 0 Å². The highest BCUT2D eigenvalue weighted by Crippen LogP contribution is 2.28. The van der Waals surface area contributed by atoms with E-state index in [1.807, 2.05) is 37.4 Å². The van der Waals surface area contributed by atoms with Crippen LogP contribution in [0.1, 0.15) is 5.56 Å². The van der Waals surface area contributed by atoms with E-state index in [0.29, 0.717) is 0 Å². The van der Waals surface area contributed by atoms with Crippen LogP contribution in [0.5, 0.6) is 5.75 Å². The van der Waals surface area contributed by atoms with Crippen molar-refractivity contribution in [2.75, 3.05) is 14.2 Å². The Morgan fingerprint density at radius 2 is 1.89 bits per heavy atom. The standard InChI is InChI=1S/C15H16ClNO/c1-17-10-13-8-12(6-7-15(13)18-2)11-4-3-5-14(16)9-11/h3-9,17H,10H2,1-2H3. The van der Waals surface area contributed by atoms with Crippen LogP contribution in [-0.2, 0) is 6.54 Å². The maximum atomic E-state index is 6.02. The molecule has 2 aromatic carbocycles. The topological polar surface area (TPSA) is 21.3 Å². The number of benzene rings is 2. The third kappa shape index (κ3) is 2.84. The summed E-state index contributed by atoms with van der Waals surface area (Å²) in [6.45, 7) is 0.775. The second-order valence-electron chi connectivity index (χ2n) is 4.07. The number of methoxy groups -OCH3 is 1. The zero-order chi connectivity index (χ0) is 13.0. The van der Waals surface area contributed by atoms with Gasteiger partial charge in [0.2, 0.25) is 0 Å². The molecule has 0 amide bonds. The van der Waals surface area contributed by atoms with Gasteiger partial charge in [-0.15, -0.1) is 0 Å². The van der Waals surface area contributed by atoms with Crippen molar-refractivity contribution in [3.8, 4) is 16.9 Å². The van der Waals surface area contributed by atoms with Gasteiger partial charge in [-0.1, -0.05) is 29.8 Å². The summed E-state index contributed by atoms with van der Waals surface area (Å²) in [7, 11) is 3.61. The molecule has 2 aromatic rings. The molecular formula is C15H16ClNO. The summed E-state index contributed by atoms with van der Waals surface area (Å²) >= 11 is 6.02. The fourth-order valence-corrected chi connectivity index (χ4v) is 2.15. The van der Waals surface area contributed by atoms with Crippen molar-refractivity contribution < 1.29 is 4.74 Å². The Hall–Kier alpha value is -1.51. The monoisotopic (exact) mass is 261 g/mol. The molecule has 0 spiro atoms. The first-order valence-electron chi connectivity index (χ1n) is 5.82. The summed E-state index contributed by atoms with van der Waals surface area (Å²) in [5, 5.41) is 3.89. The minimum Gasteiger partial charge on any atom is -0.496 e. The molecule has 0 aliphatic heterocycles. The Labute approximate surface area is 113 Å². The van der Waals surface area contributed by atoms with Gasteiger partial charge in [0.25, 0.3) is 0 Å². The van der Waals surface area contributed by atoms with E-state index >= 15 is 0 Å². The average Bonchev–Trinajstić information content (AvgIpc) is 2.39. The molecule has 2 nitrogen and oxygen atoms in total. The smallest absolute Gasteiger partial charge is 0.123 e. The van der Waals surface area contributed by atoms with E-state index in [-0.39, 0.29) is 0 Å². The zero-order valence-corrected chi connectivity index (χ0v) is 11.3. The van der Waals surface area contributed by atoms with Crippen LogP contribution >= 0.6 is 11.6 Å². The van der Waals surface area contributed by atoms with Crippen LogP contribution in [-0.4, -0.2) is 14.2 Å². The molecular weight excluding hydrogens is 246 g/mol. The molecule has 2 rings (SSSR count). The number of ether oxygens (including phenoxy) is 1. The first-order valence-corrected chi connectivity index (χ1v) is 6.20. The predicted molar refractivity (Wildman–Crippen MR) is 76.2 cm³/mol. The van der Waals surface area contributed by atoms with E-state index in [2.05, 4.69) is 17.4 Å². The number of hydrogen-bond donors (Lipinski definition) is 1. The van der Waals surface area contributed by atoms with Crippen LogP contribution in [0.4, 0.5) is 0 Å². The fourth-order valence-electron chi connectivity index (χ4n) is 1.95. The lowest BCUT2D eigenvalue weighted by molar-refractivity contribution is 0.408. The van der Waals surface area contributed by atoms with Gasteiger partial charge in [0.05, 0.1) is 7.11 Å². The Morgan fingerprint density at radius 3 is 2.56 bits per heavy atom. The fraction of sp³-hybridized carbons (Fsp3) is 0.200. The first-order chi connectivity index (χ1) is 8.74. The zero-order valence-electron chi connectivity index (χ0n) is 10.5. The molecule has 0 unspecified atom stereocenters. The third-order valence-corrected chi connectivity index (χ3v) is 3.04. The molecule has 0 aliphatic rings. The second-order valence-corrected chi connectivity index (χ2v) is 4.50. The van der Waals surface area contributed by atoms with Crippen molar-refractivity contribution in [3.63, 3.8) is 0 Å². The van der Waals surface area contributed by atoms with Crippen LogP contribution < -0.4 is 10.1 Å². The lowest BCUT2D eigenvalue weighted by atomic mass is 10.0. The Balaban J connectivity index is 2.43. The van der Waals surface area contributed by atoms with Crippen molar-refractivity contribution in [1.82, 2.24) is 5.32 Å². The van der Waals surface area contributed by atoms with Crippen LogP contribution in [0, 0.1) is 0 Å². The molecule has 1 N–H and O–H groups in total. The SMILES string of the molecule is CNCc1cc(-c2cccc(Cl)c2)ccc1OC. The number of nitrogens with one attached hydrogen (secondary N) is 1. The molecule has 0 radical (unpaired) electrons. The molecule has 0 aliphatic carbocycles. The van der Waals surface area contributed by atoms with Gasteiger partial charge < -0.3 is 10.1 Å². The molecule has 0 heterocycles. The van der Waals surface area contributed by atoms with E-state index in [1.165, 1.54) is 0 Å². The minimum absolute atomic E-state index is 0.749. The molecule has 0 atom stereocenters. The van der Waals surface area contributed by atoms with Gasteiger partial charge in [-0.25, -0.2) is 0 Å². The summed E-state index contributed by atoms with van der Waals surface area (Å²) in [6, 6.07) is 14.0. The van der Waals surface area contributed by atoms with Gasteiger partial charge in [-0.05, 0) is 42.4 Å². The van der Waals surface area contributed by atoms with Gasteiger partial charge in [0.1, 0.15) is 5.75 Å². The van der Waals surface area contributed by atoms with Crippen molar-refractivity contribution in [2.24, 2.45) is 0 Å². The largest absolute Gasteiger partial charge is 0.496 e. The maximum Gasteiger partial charge on any atom is 0.123 e. The number of rotatable bonds is 4. The average molecular weight is 262 g/mol. The molecule has 0 aromatic heterocycles. The second kappa shape index (κ2) is 5.89. The van der Waals surface area contributed by atoms with Gasteiger partial charge in [-0.3, -0.25) is 0 Å². The Bertz CT molecular complexity index is 540. The first kappa shape index (κ1) is 12.9. The predicted octanol–water partition coefficient (Wildman–Crippen LogP) is 3.74. The van der Waals surface area contributed by atoms with E-state index in [0.717, 1.165) is 34.0 Å². The minimum atomic E-state index is 0.749. The van der Waals surface area contributed by atoms with E-state index in [1.54, 1.807) is 7.11 Å². The number of hydrogen-bond acceptors (Lipinski definition) is 2. The summed E-state index contributed by atoms with van der Waals surface area (Å²) in [5.41, 5.74) is 3.39. The highest BCUT2D eigenvalue weighted by Gasteiger charge is 2.05. The van der Waals surface area contributed by atoms with Crippen LogP contribution in [0.25, 0.3) is 11.1 Å². The third-order valence-electron chi connectivity index (χ3n) is 2.81. The molecule has 0 bridgehead atoms. The van der Waals surface area contributed by atoms with Gasteiger partial charge in [0.15, 0.2) is 0 Å². The van der Waals surface area contributed by atoms with Crippen molar-refractivity contribution in [2.45, 2.75) is 6.54 Å². The molecule has 94 valence electrons. The molecule has 0 saturated carbocycles. The van der Waals surface area contributed by atoms with Gasteiger partial charge in [0, 0.05) is 17.1 Å². The summed E-state index contributed by atoms with van der Waals surface area (Å²) in [4.78, 5) is 0. The van der Waals surface area contributed by atoms with Gasteiger partial charge >= 0.3 is 0 Å². The van der Waals surface area contributed by atoms with E-state index in [4.69, 9.17) is 16.3 Å². The quantitative estimate of drug-likeness (QED) is 0.905. The maximum absolute atomic E-state index is 6.02. The Morgan fingerprint density at radius 1 is 1.11 bits per heavy atom. The summed E-state index contributed by atoms with van der Waals surface area (Å²) in [5.74, 6) is 0.898. The lowest BCUT2D eigenvalue weighted by Gasteiger charge is -2.11. The highest BCUT2D eigenvalue weighted by atomic mass is 35.5. The van der Waals surface area contributed by atoms with Crippen molar-refractivity contribution in [3.05, 3.63) is 53.1 Å². The highest BCUT2D eigenvalue weighted by molar-refractivity contribution is 6.30. The van der Waals surface area contributed by atoms with E-state index < -0.39 is 0 Å². The number of halogens is 1. The molecule has 18 heavy (non-hydrogen) atoms. The van der Waals surface area contributed by atoms with Crippen LogP contribution in [0.15, 0.2) is 42.5 Å². The molecule has 0 fully saturated rings. The molecule has 3 heteroatoms. The Kier molecular flexibility index (Phi) is 4.24. The van der Waals surface area contributed by atoms with Crippen molar-refractivity contribution >= 4 is 11.6 Å². The van der Waals surface area contributed by atoms with Gasteiger partial charge in [-0.2, -0.15) is 0 Å².